The Morgan fingerprint density at radius 2 is 1.31 bits per heavy atom. The molecule has 0 radical (unpaired) electrons. The second kappa shape index (κ2) is 35.1. The molecule has 6 rings (SSSR count). The van der Waals surface area contributed by atoms with Gasteiger partial charge < -0.3 is 72.5 Å². The van der Waals surface area contributed by atoms with Crippen molar-refractivity contribution in [2.24, 2.45) is 0 Å². The average molecular weight is 1320 g/mol. The first-order chi connectivity index (χ1) is 42.8. The number of pyridine rings is 1. The molecule has 1 aliphatic heterocycles. The van der Waals surface area contributed by atoms with Crippen LogP contribution in [0, 0.1) is 0 Å². The summed E-state index contributed by atoms with van der Waals surface area (Å²) < 4.78 is 10.9. The highest BCUT2D eigenvalue weighted by Crippen LogP contribution is 2.29. The zero-order chi connectivity index (χ0) is 65.4. The summed E-state index contributed by atoms with van der Waals surface area (Å²) in [6, 6.07) is 17.2. The van der Waals surface area contributed by atoms with Gasteiger partial charge in [-0.05, 0) is 126 Å². The molecule has 2 unspecified atom stereocenters. The van der Waals surface area contributed by atoms with Crippen molar-refractivity contribution in [3.05, 3.63) is 126 Å². The van der Waals surface area contributed by atoms with E-state index in [2.05, 4.69) is 57.8 Å². The lowest BCUT2D eigenvalue weighted by Crippen LogP contribution is -2.62. The number of alkyl carbamates (subject to hydrolysis) is 2. The van der Waals surface area contributed by atoms with E-state index in [4.69, 9.17) is 9.47 Å². The van der Waals surface area contributed by atoms with Crippen molar-refractivity contribution in [3.63, 3.8) is 0 Å². The molecule has 486 valence electrons. The molecule has 5 aromatic rings. The van der Waals surface area contributed by atoms with Gasteiger partial charge in [0.05, 0.1) is 6.10 Å². The smallest absolute Gasteiger partial charge is 0.408 e. The van der Waals surface area contributed by atoms with Gasteiger partial charge in [0.2, 0.25) is 41.4 Å². The van der Waals surface area contributed by atoms with Crippen LogP contribution in [0.1, 0.15) is 84.4 Å². The summed E-state index contributed by atoms with van der Waals surface area (Å²) in [7, 11) is 4.90. The summed E-state index contributed by atoms with van der Waals surface area (Å²) in [5.74, 6) is -5.96. The maximum Gasteiger partial charge on any atom is 0.408 e. The molecule has 0 saturated carbocycles. The fraction of sp³-hybridized carbons (Fsp3) is 0.452. The largest absolute Gasteiger partial charge is 0.508 e. The normalized spacial score (nSPS) is 19.9. The van der Waals surface area contributed by atoms with Gasteiger partial charge in [-0.1, -0.05) is 99.1 Å². The van der Waals surface area contributed by atoms with Crippen LogP contribution in [0.4, 0.5) is 9.59 Å². The minimum absolute atomic E-state index is 0.0369. The van der Waals surface area contributed by atoms with E-state index >= 15 is 14.4 Å². The van der Waals surface area contributed by atoms with Crippen LogP contribution in [0.25, 0.3) is 10.9 Å². The number of phenolic OH excluding ortho intramolecular Hbond substituents is 1. The highest BCUT2D eigenvalue weighted by Gasteiger charge is 2.37. The van der Waals surface area contributed by atoms with E-state index in [1.807, 2.05) is 30.3 Å². The van der Waals surface area contributed by atoms with E-state index in [0.29, 0.717) is 33.3 Å². The lowest BCUT2D eigenvalue weighted by atomic mass is 10.0. The first-order valence-electron chi connectivity index (χ1n) is 29.4. The number of fused-ring (bicyclic) bond motifs is 1. The number of hydrogen-bond donors (Lipinski definition) is 12. The summed E-state index contributed by atoms with van der Waals surface area (Å²) in [5.41, 5.74) is 0.710. The molecule has 90 heavy (non-hydrogen) atoms. The second-order valence-electron chi connectivity index (χ2n) is 23.2. The topological polar surface area (TPSA) is 349 Å². The Morgan fingerprint density at radius 3 is 2.00 bits per heavy atom. The molecule has 1 saturated heterocycles. The molecule has 0 bridgehead atoms. The zero-order valence-electron chi connectivity index (χ0n) is 51.3. The van der Waals surface area contributed by atoms with E-state index in [0.717, 1.165) is 26.6 Å². The summed E-state index contributed by atoms with van der Waals surface area (Å²) in [6.45, 7) is 11.7. The first-order valence-corrected chi connectivity index (χ1v) is 34.2. The number of aromatic amines is 1. The Balaban J connectivity index is 1.39. The number of aromatic nitrogens is 2. The number of amides is 9. The molecule has 1 aliphatic rings. The lowest BCUT2D eigenvalue weighted by molar-refractivity contribution is -0.136. The fourth-order valence-electron chi connectivity index (χ4n) is 9.01. The number of H-pyrrole nitrogens is 1. The number of unbranched alkanes of at least 4 members (excludes halogenated alkanes) is 1. The molecule has 0 spiro atoms. The van der Waals surface area contributed by atoms with Crippen molar-refractivity contribution in [1.29, 1.82) is 0 Å². The van der Waals surface area contributed by atoms with Crippen LogP contribution in [0.5, 0.6) is 5.75 Å². The molecule has 8 atom stereocenters. The van der Waals surface area contributed by atoms with Gasteiger partial charge in [-0.25, -0.2) is 14.6 Å². The Hall–Kier alpha value is -7.66. The van der Waals surface area contributed by atoms with Crippen LogP contribution >= 0.6 is 43.2 Å². The molecule has 3 heterocycles. The van der Waals surface area contributed by atoms with E-state index in [1.54, 1.807) is 109 Å². The van der Waals surface area contributed by atoms with Crippen molar-refractivity contribution in [2.45, 2.75) is 152 Å². The number of benzene rings is 3. The summed E-state index contributed by atoms with van der Waals surface area (Å²) in [6.07, 6.45) is 0.185. The van der Waals surface area contributed by atoms with Crippen molar-refractivity contribution in [1.82, 2.24) is 57.8 Å². The molecule has 1 fully saturated rings. The Morgan fingerprint density at radius 1 is 0.678 bits per heavy atom. The molecular weight excluding hydrogens is 1240 g/mol. The number of ether oxygens (including phenoxy) is 2. The minimum atomic E-state index is -1.70. The minimum Gasteiger partial charge on any atom is -0.508 e. The van der Waals surface area contributed by atoms with Gasteiger partial charge >= 0.3 is 12.2 Å². The van der Waals surface area contributed by atoms with Crippen LogP contribution in [0.15, 0.2) is 114 Å². The van der Waals surface area contributed by atoms with E-state index < -0.39 is 113 Å². The molecule has 9 amide bonds. The van der Waals surface area contributed by atoms with Crippen molar-refractivity contribution < 1.29 is 62.8 Å². The molecule has 2 aromatic heterocycles. The second-order valence-corrected chi connectivity index (χ2v) is 28.2. The Kier molecular flexibility index (Phi) is 27.8. The number of carbonyl (C=O) groups is 9. The van der Waals surface area contributed by atoms with Crippen LogP contribution in [0.2, 0.25) is 0 Å². The SMILES string of the molecule is C[C@@H](O)C1NC(=O)C(CCCCNC(=O)OC(C)(C)C)NC(=O)[C@@H](Cc2c[nH]c3ccccc23)NC(=O)[C@H](Cc2ccc(O)cc2)NC(=O)[C@@H](NC(=O)[C@@H](Cc2ccccc2)NC(=O)OC(C)(C)C)CSSC[C@@H](C(=O)NCCSSc2ccccn2)NC1=O. The number of aromatic hydroxyl groups is 1. The van der Waals surface area contributed by atoms with Gasteiger partial charge in [-0.2, -0.15) is 0 Å². The third-order valence-corrected chi connectivity index (χ3v) is 18.1. The maximum absolute atomic E-state index is 15.1. The van der Waals surface area contributed by atoms with Crippen LogP contribution < -0.4 is 47.9 Å². The monoisotopic (exact) mass is 1320 g/mol. The first kappa shape index (κ1) is 71.4. The fourth-order valence-corrected chi connectivity index (χ4v) is 13.1. The molecular formula is C62H81N11O13S4. The third-order valence-electron chi connectivity index (χ3n) is 13.4. The standard InChI is InChI=1S/C62H81N11O13S4/c1-37(74)51-58(82)71-48(52(76)64-29-30-87-90-50-22-14-16-27-63-50)35-88-89-36-49(70-55(79)46(31-38-17-9-8-10-18-38)72-60(84)86-62(5,6)7)57(81)68-45(32-39-23-25-41(75)26-24-39)54(78)69-47(33-40-34-66-43-20-12-11-19-42(40)43)56(80)67-44(53(77)73-51)21-13-15-28-65-59(83)85-61(2,3)4/h8-12,14,16-20,22-27,34,37,44-49,51,66,74-75H,13,15,21,28-33,35-36H2,1-7H3,(H,64,76)(H,65,83)(H,67,80)(H,68,81)(H,69,78)(H,70,79)(H,71,82)(H,72,84)(H,73,77)/t37-,44?,45+,46-,47-,48+,49+,51?/m1/s1. The molecule has 28 heteroatoms. The average Bonchev–Trinajstić information content (AvgIpc) is 2.02. The van der Waals surface area contributed by atoms with Gasteiger partial charge in [0.25, 0.3) is 0 Å². The molecule has 12 N–H and O–H groups in total. The number of phenols is 1. The van der Waals surface area contributed by atoms with Gasteiger partial charge in [-0.3, -0.25) is 33.6 Å². The van der Waals surface area contributed by atoms with Crippen LogP contribution in [-0.2, 0) is 62.3 Å². The number of carbonyl (C=O) groups excluding carboxylic acids is 9. The predicted molar refractivity (Wildman–Crippen MR) is 349 cm³/mol. The highest BCUT2D eigenvalue weighted by atomic mass is 33.1. The Bertz CT molecular complexity index is 3210. The zero-order valence-corrected chi connectivity index (χ0v) is 54.5. The number of hydrogen-bond acceptors (Lipinski definition) is 18. The quantitative estimate of drug-likeness (QED) is 0.0335. The number of nitrogens with zero attached hydrogens (tertiary/aromatic N) is 1. The number of nitrogens with one attached hydrogen (secondary N) is 10. The van der Waals surface area contributed by atoms with Crippen LogP contribution in [-0.4, -0.2) is 164 Å². The number of aliphatic hydroxyl groups is 1. The van der Waals surface area contributed by atoms with E-state index in [-0.39, 0.29) is 68.9 Å². The number of aliphatic hydroxyl groups excluding tert-OH is 1. The van der Waals surface area contributed by atoms with Gasteiger partial charge in [-0.15, -0.1) is 0 Å². The van der Waals surface area contributed by atoms with Gasteiger partial charge in [0.1, 0.15) is 64.3 Å². The summed E-state index contributed by atoms with van der Waals surface area (Å²) >= 11 is 0. The highest BCUT2D eigenvalue weighted by molar-refractivity contribution is 8.77. The molecule has 3 aromatic carbocycles. The third kappa shape index (κ3) is 24.6. The molecule has 24 nitrogen and oxygen atoms in total. The maximum atomic E-state index is 15.1. The van der Waals surface area contributed by atoms with E-state index in [1.165, 1.54) is 40.6 Å². The number of rotatable bonds is 21. The van der Waals surface area contributed by atoms with Gasteiger partial charge in [0, 0.05) is 72.9 Å². The summed E-state index contributed by atoms with van der Waals surface area (Å²) in [5, 5.41) is 47.5. The molecule has 0 aliphatic carbocycles. The van der Waals surface area contributed by atoms with Crippen molar-refractivity contribution in [3.8, 4) is 5.75 Å². The lowest BCUT2D eigenvalue weighted by Gasteiger charge is -2.29. The summed E-state index contributed by atoms with van der Waals surface area (Å²) in [4.78, 5) is 137. The predicted octanol–water partition coefficient (Wildman–Crippen LogP) is 5.13. The van der Waals surface area contributed by atoms with Crippen molar-refractivity contribution >= 4 is 108 Å². The Labute approximate surface area is 539 Å². The number of para-hydroxylation sites is 1. The van der Waals surface area contributed by atoms with Gasteiger partial charge in [0.15, 0.2) is 0 Å². The van der Waals surface area contributed by atoms with E-state index in [9.17, 15) is 39.0 Å². The van der Waals surface area contributed by atoms with Crippen molar-refractivity contribution in [2.75, 3.05) is 30.3 Å². The van der Waals surface area contributed by atoms with Crippen LogP contribution in [0.3, 0.4) is 0 Å².